The number of aryl methyl sites for hydroxylation is 1. The van der Waals surface area contributed by atoms with E-state index >= 15 is 0 Å². The van der Waals surface area contributed by atoms with Crippen LogP contribution in [-0.4, -0.2) is 45.0 Å². The minimum Gasteiger partial charge on any atom is -0.396 e. The Bertz CT molecular complexity index is 569. The second kappa shape index (κ2) is 12.5. The summed E-state index contributed by atoms with van der Waals surface area (Å²) in [4.78, 5) is 4.75. The zero-order valence-electron chi connectivity index (χ0n) is 17.2. The fraction of sp³-hybridized carbons (Fsp3) is 0.842. The molecule has 0 saturated heterocycles. The van der Waals surface area contributed by atoms with Crippen molar-refractivity contribution in [1.29, 1.82) is 0 Å². The number of aliphatic hydroxyl groups is 1. The maximum Gasteiger partial charge on any atom is 0.191 e. The molecule has 2 rings (SSSR count). The van der Waals surface area contributed by atoms with Crippen molar-refractivity contribution in [3.8, 4) is 0 Å². The monoisotopic (exact) mass is 492 g/mol. The van der Waals surface area contributed by atoms with E-state index in [9.17, 15) is 5.11 Å². The molecule has 1 aliphatic carbocycles. The van der Waals surface area contributed by atoms with Gasteiger partial charge in [-0.05, 0) is 44.4 Å². The first-order chi connectivity index (χ1) is 12.5. The number of aliphatic imine (C=N–C) groups is 1. The molecule has 0 aromatic carbocycles. The number of nitrogens with zero attached hydrogens (tertiary/aromatic N) is 4. The van der Waals surface area contributed by atoms with E-state index in [2.05, 4.69) is 34.7 Å². The van der Waals surface area contributed by atoms with E-state index in [1.807, 2.05) is 18.5 Å². The van der Waals surface area contributed by atoms with Gasteiger partial charge in [-0.25, -0.2) is 4.99 Å². The normalized spacial score (nSPS) is 16.4. The van der Waals surface area contributed by atoms with Gasteiger partial charge >= 0.3 is 0 Å². The lowest BCUT2D eigenvalue weighted by Gasteiger charge is -2.22. The van der Waals surface area contributed by atoms with E-state index < -0.39 is 0 Å². The zero-order valence-corrected chi connectivity index (χ0v) is 19.6. The summed E-state index contributed by atoms with van der Waals surface area (Å²) in [5.41, 5.74) is 0. The maximum atomic E-state index is 9.34. The van der Waals surface area contributed by atoms with E-state index in [1.54, 1.807) is 0 Å². The average molecular weight is 492 g/mol. The van der Waals surface area contributed by atoms with Crippen LogP contribution < -0.4 is 10.6 Å². The van der Waals surface area contributed by atoms with Gasteiger partial charge in [0.05, 0.1) is 0 Å². The number of hydrogen-bond donors (Lipinski definition) is 3. The van der Waals surface area contributed by atoms with E-state index in [0.29, 0.717) is 24.4 Å². The van der Waals surface area contributed by atoms with Crippen LogP contribution in [0.1, 0.15) is 64.0 Å². The van der Waals surface area contributed by atoms with Gasteiger partial charge in [0.15, 0.2) is 11.8 Å². The molecule has 7 nitrogen and oxygen atoms in total. The summed E-state index contributed by atoms with van der Waals surface area (Å²) in [5.74, 6) is 3.69. The highest BCUT2D eigenvalue weighted by Crippen LogP contribution is 2.18. The van der Waals surface area contributed by atoms with Crippen LogP contribution in [0.15, 0.2) is 4.99 Å². The van der Waals surface area contributed by atoms with Gasteiger partial charge in [-0.2, -0.15) is 0 Å². The van der Waals surface area contributed by atoms with Gasteiger partial charge in [-0.15, -0.1) is 34.2 Å². The highest BCUT2D eigenvalue weighted by Gasteiger charge is 2.18. The largest absolute Gasteiger partial charge is 0.396 e. The molecule has 1 heterocycles. The van der Waals surface area contributed by atoms with Crippen molar-refractivity contribution in [3.63, 3.8) is 0 Å². The van der Waals surface area contributed by atoms with Crippen molar-refractivity contribution in [3.05, 3.63) is 11.6 Å². The Kier molecular flexibility index (Phi) is 11.2. The lowest BCUT2D eigenvalue weighted by molar-refractivity contribution is 0.242. The Morgan fingerprint density at radius 1 is 1.30 bits per heavy atom. The van der Waals surface area contributed by atoms with Gasteiger partial charge in [0.2, 0.25) is 0 Å². The Morgan fingerprint density at radius 3 is 2.56 bits per heavy atom. The van der Waals surface area contributed by atoms with Gasteiger partial charge in [0.25, 0.3) is 0 Å². The van der Waals surface area contributed by atoms with Crippen LogP contribution in [0, 0.1) is 18.8 Å². The predicted molar refractivity (Wildman–Crippen MR) is 120 cm³/mol. The predicted octanol–water partition coefficient (Wildman–Crippen LogP) is 2.76. The van der Waals surface area contributed by atoms with Crippen LogP contribution in [0.25, 0.3) is 0 Å². The molecular weight excluding hydrogens is 455 g/mol. The Hall–Kier alpha value is -0.900. The summed E-state index contributed by atoms with van der Waals surface area (Å²) in [6.45, 7) is 7.98. The minimum atomic E-state index is 0. The number of aliphatic hydroxyl groups excluding tert-OH is 1. The zero-order chi connectivity index (χ0) is 18.9. The van der Waals surface area contributed by atoms with E-state index in [-0.39, 0.29) is 30.6 Å². The third-order valence-corrected chi connectivity index (χ3v) is 5.16. The lowest BCUT2D eigenvalue weighted by Crippen LogP contribution is -2.44. The number of guanidine groups is 1. The topological polar surface area (TPSA) is 87.4 Å². The molecule has 156 valence electrons. The number of halogens is 1. The second-order valence-corrected chi connectivity index (χ2v) is 7.90. The fourth-order valence-corrected chi connectivity index (χ4v) is 3.55. The highest BCUT2D eigenvalue weighted by molar-refractivity contribution is 14.0. The molecular formula is C19H37IN6O. The van der Waals surface area contributed by atoms with Crippen molar-refractivity contribution < 1.29 is 5.11 Å². The molecule has 1 atom stereocenters. The van der Waals surface area contributed by atoms with Crippen LogP contribution in [0.5, 0.6) is 0 Å². The Morgan fingerprint density at radius 2 is 2.00 bits per heavy atom. The van der Waals surface area contributed by atoms with Crippen LogP contribution in [-0.2, 0) is 13.6 Å². The molecule has 1 aliphatic rings. The molecule has 1 aromatic heterocycles. The summed E-state index contributed by atoms with van der Waals surface area (Å²) < 4.78 is 1.98. The first-order valence-electron chi connectivity index (χ1n) is 10.00. The Labute approximate surface area is 180 Å². The molecule has 0 radical (unpaired) electrons. The van der Waals surface area contributed by atoms with E-state index in [0.717, 1.165) is 37.0 Å². The Balaban J connectivity index is 0.00000364. The number of nitrogens with one attached hydrogen (secondary N) is 2. The summed E-state index contributed by atoms with van der Waals surface area (Å²) in [7, 11) is 1.97. The molecule has 27 heavy (non-hydrogen) atoms. The molecule has 1 unspecified atom stereocenters. The molecule has 0 amide bonds. The fourth-order valence-electron chi connectivity index (χ4n) is 3.55. The van der Waals surface area contributed by atoms with Crippen LogP contribution in [0.2, 0.25) is 0 Å². The third-order valence-electron chi connectivity index (χ3n) is 5.16. The summed E-state index contributed by atoms with van der Waals surface area (Å²) in [6.07, 6.45) is 6.91. The SMILES string of the molecule is Cc1nnc(CN=C(NCC(CCO)CC(C)C)NC2CCCC2)n1C.I. The molecule has 0 bridgehead atoms. The first-order valence-corrected chi connectivity index (χ1v) is 10.00. The molecule has 1 saturated carbocycles. The van der Waals surface area contributed by atoms with Crippen molar-refractivity contribution in [2.24, 2.45) is 23.9 Å². The molecule has 8 heteroatoms. The number of aromatic nitrogens is 3. The van der Waals surface area contributed by atoms with Crippen LogP contribution in [0.3, 0.4) is 0 Å². The van der Waals surface area contributed by atoms with Crippen molar-refractivity contribution in [2.75, 3.05) is 13.2 Å². The van der Waals surface area contributed by atoms with Crippen molar-refractivity contribution in [1.82, 2.24) is 25.4 Å². The second-order valence-electron chi connectivity index (χ2n) is 7.90. The van der Waals surface area contributed by atoms with Gasteiger partial charge in [-0.3, -0.25) is 0 Å². The smallest absolute Gasteiger partial charge is 0.191 e. The van der Waals surface area contributed by atoms with Crippen molar-refractivity contribution >= 4 is 29.9 Å². The lowest BCUT2D eigenvalue weighted by atomic mass is 9.94. The van der Waals surface area contributed by atoms with Crippen molar-refractivity contribution in [2.45, 2.75) is 71.9 Å². The maximum absolute atomic E-state index is 9.34. The molecule has 1 fully saturated rings. The summed E-state index contributed by atoms with van der Waals surface area (Å²) in [5, 5.41) is 24.7. The first kappa shape index (κ1) is 24.1. The highest BCUT2D eigenvalue weighted by atomic mass is 127. The van der Waals surface area contributed by atoms with Gasteiger partial charge < -0.3 is 20.3 Å². The quantitative estimate of drug-likeness (QED) is 0.281. The molecule has 1 aromatic rings. The summed E-state index contributed by atoms with van der Waals surface area (Å²) in [6, 6.07) is 0.504. The third kappa shape index (κ3) is 8.33. The molecule has 0 spiro atoms. The van der Waals surface area contributed by atoms with E-state index in [1.165, 1.54) is 25.7 Å². The van der Waals surface area contributed by atoms with E-state index in [4.69, 9.17) is 4.99 Å². The number of hydrogen-bond acceptors (Lipinski definition) is 4. The van der Waals surface area contributed by atoms with Gasteiger partial charge in [0.1, 0.15) is 12.4 Å². The standard InChI is InChI=1S/C19H36N6O.HI/c1-14(2)11-16(9-10-26)12-20-19(22-17-7-5-6-8-17)21-13-18-24-23-15(3)25(18)4;/h14,16-17,26H,5-13H2,1-4H3,(H2,20,21,22);1H. The molecule has 3 N–H and O–H groups in total. The van der Waals surface area contributed by atoms with Gasteiger partial charge in [-0.1, -0.05) is 26.7 Å². The van der Waals surface area contributed by atoms with Crippen LogP contribution in [0.4, 0.5) is 0 Å². The number of rotatable bonds is 9. The minimum absolute atomic E-state index is 0. The van der Waals surface area contributed by atoms with Gasteiger partial charge in [0, 0.05) is 26.2 Å². The molecule has 0 aliphatic heterocycles. The summed E-state index contributed by atoms with van der Waals surface area (Å²) >= 11 is 0. The van der Waals surface area contributed by atoms with Crippen LogP contribution >= 0.6 is 24.0 Å². The average Bonchev–Trinajstić information content (AvgIpc) is 3.21.